The van der Waals surface area contributed by atoms with Gasteiger partial charge in [-0.1, -0.05) is 23.9 Å². The Morgan fingerprint density at radius 3 is 2.78 bits per heavy atom. The number of rotatable bonds is 6. The van der Waals surface area contributed by atoms with Crippen LogP contribution in [0.3, 0.4) is 0 Å². The normalized spacial score (nSPS) is 11.1. The molecule has 0 aliphatic carbocycles. The highest BCUT2D eigenvalue weighted by atomic mass is 32.2. The monoisotopic (exact) mass is 330 g/mol. The number of tetrazole rings is 1. The molecule has 0 saturated heterocycles. The summed E-state index contributed by atoms with van der Waals surface area (Å²) in [5.41, 5.74) is 3.35. The van der Waals surface area contributed by atoms with Crippen LogP contribution < -0.4 is 0 Å². The molecule has 0 radical (unpaired) electrons. The molecule has 0 saturated carbocycles. The van der Waals surface area contributed by atoms with Gasteiger partial charge in [0, 0.05) is 19.1 Å². The van der Waals surface area contributed by atoms with Crippen LogP contribution >= 0.6 is 11.8 Å². The van der Waals surface area contributed by atoms with E-state index in [1.165, 1.54) is 5.56 Å². The summed E-state index contributed by atoms with van der Waals surface area (Å²) in [4.78, 5) is 0. The molecular formula is C15H18N6OS. The van der Waals surface area contributed by atoms with Gasteiger partial charge in [-0.05, 0) is 47.9 Å². The van der Waals surface area contributed by atoms with Gasteiger partial charge in [-0.15, -0.1) is 15.3 Å². The van der Waals surface area contributed by atoms with Crippen LogP contribution in [-0.4, -0.2) is 36.2 Å². The molecule has 0 bridgehead atoms. The van der Waals surface area contributed by atoms with E-state index >= 15 is 0 Å². The van der Waals surface area contributed by atoms with Gasteiger partial charge in [-0.25, -0.2) is 0 Å². The fourth-order valence-corrected chi connectivity index (χ4v) is 3.02. The molecule has 7 nitrogen and oxygen atoms in total. The topological polar surface area (TPSA) is 82.5 Å². The van der Waals surface area contributed by atoms with Gasteiger partial charge in [-0.2, -0.15) is 4.68 Å². The standard InChI is InChI=1S/C15H18N6OS/c1-10-6-7-11(2)13(9-10)21-15(18-19-20-21)23-8-4-5-14-17-16-12(3)22-14/h6-7,9H,4-5,8H2,1-3H3. The van der Waals surface area contributed by atoms with Gasteiger partial charge >= 0.3 is 0 Å². The first-order valence-electron chi connectivity index (χ1n) is 7.41. The van der Waals surface area contributed by atoms with E-state index in [9.17, 15) is 0 Å². The average molecular weight is 330 g/mol. The van der Waals surface area contributed by atoms with Crippen molar-refractivity contribution in [3.05, 3.63) is 41.1 Å². The van der Waals surface area contributed by atoms with E-state index in [4.69, 9.17) is 4.42 Å². The zero-order chi connectivity index (χ0) is 16.2. The molecule has 3 rings (SSSR count). The van der Waals surface area contributed by atoms with Gasteiger partial charge in [0.2, 0.25) is 16.9 Å². The summed E-state index contributed by atoms with van der Waals surface area (Å²) >= 11 is 1.63. The highest BCUT2D eigenvalue weighted by Gasteiger charge is 2.11. The predicted octanol–water partition coefficient (Wildman–Crippen LogP) is 2.70. The quantitative estimate of drug-likeness (QED) is 0.507. The molecule has 2 aromatic heterocycles. The zero-order valence-electron chi connectivity index (χ0n) is 13.4. The second-order valence-corrected chi connectivity index (χ2v) is 6.39. The lowest BCUT2D eigenvalue weighted by Crippen LogP contribution is -2.02. The van der Waals surface area contributed by atoms with E-state index in [0.29, 0.717) is 11.8 Å². The Morgan fingerprint density at radius 2 is 2.00 bits per heavy atom. The molecule has 0 N–H and O–H groups in total. The molecule has 23 heavy (non-hydrogen) atoms. The highest BCUT2D eigenvalue weighted by molar-refractivity contribution is 7.99. The maximum absolute atomic E-state index is 5.37. The number of thioether (sulfide) groups is 1. The van der Waals surface area contributed by atoms with Crippen LogP contribution in [0.2, 0.25) is 0 Å². The number of hydrogen-bond donors (Lipinski definition) is 0. The Morgan fingerprint density at radius 1 is 1.13 bits per heavy atom. The Bertz CT molecular complexity index is 797. The van der Waals surface area contributed by atoms with E-state index in [0.717, 1.165) is 35.0 Å². The minimum Gasteiger partial charge on any atom is -0.426 e. The van der Waals surface area contributed by atoms with Crippen LogP contribution in [0.1, 0.15) is 29.3 Å². The summed E-state index contributed by atoms with van der Waals surface area (Å²) in [5.74, 6) is 2.16. The maximum Gasteiger partial charge on any atom is 0.216 e. The summed E-state index contributed by atoms with van der Waals surface area (Å²) in [7, 11) is 0. The van der Waals surface area contributed by atoms with Crippen molar-refractivity contribution in [3.63, 3.8) is 0 Å². The van der Waals surface area contributed by atoms with Crippen LogP contribution in [0.5, 0.6) is 0 Å². The van der Waals surface area contributed by atoms with E-state index in [1.807, 2.05) is 0 Å². The molecule has 0 fully saturated rings. The fraction of sp³-hybridized carbons (Fsp3) is 0.400. The molecule has 1 aromatic carbocycles. The third kappa shape index (κ3) is 3.76. The fourth-order valence-electron chi connectivity index (χ4n) is 2.19. The number of hydrogen-bond acceptors (Lipinski definition) is 7. The number of nitrogens with zero attached hydrogens (tertiary/aromatic N) is 6. The first kappa shape index (κ1) is 15.7. The molecule has 8 heteroatoms. The average Bonchev–Trinajstić information content (AvgIpc) is 3.15. The molecule has 0 aliphatic heterocycles. The lowest BCUT2D eigenvalue weighted by Gasteiger charge is -2.08. The molecule has 0 unspecified atom stereocenters. The molecule has 0 amide bonds. The molecule has 2 heterocycles. The largest absolute Gasteiger partial charge is 0.426 e. The summed E-state index contributed by atoms with van der Waals surface area (Å²) < 4.78 is 7.16. The van der Waals surface area contributed by atoms with Gasteiger partial charge < -0.3 is 4.42 Å². The molecule has 0 aliphatic rings. The third-order valence-electron chi connectivity index (χ3n) is 3.37. The Hall–Kier alpha value is -2.22. The maximum atomic E-state index is 5.37. The zero-order valence-corrected chi connectivity index (χ0v) is 14.2. The summed E-state index contributed by atoms with van der Waals surface area (Å²) in [5, 5.41) is 20.7. The smallest absolute Gasteiger partial charge is 0.216 e. The van der Waals surface area contributed by atoms with Crippen molar-refractivity contribution in [2.75, 3.05) is 5.75 Å². The van der Waals surface area contributed by atoms with Crippen molar-refractivity contribution in [2.24, 2.45) is 0 Å². The van der Waals surface area contributed by atoms with Gasteiger partial charge in [0.15, 0.2) is 0 Å². The van der Waals surface area contributed by atoms with Crippen molar-refractivity contribution < 1.29 is 4.42 Å². The minimum absolute atomic E-state index is 0.603. The van der Waals surface area contributed by atoms with Gasteiger partial charge in [0.05, 0.1) is 5.69 Å². The van der Waals surface area contributed by atoms with E-state index in [1.54, 1.807) is 23.4 Å². The highest BCUT2D eigenvalue weighted by Crippen LogP contribution is 2.22. The second-order valence-electron chi connectivity index (χ2n) is 5.33. The van der Waals surface area contributed by atoms with Crippen molar-refractivity contribution in [1.29, 1.82) is 0 Å². The SMILES string of the molecule is Cc1ccc(C)c(-n2nnnc2SCCCc2nnc(C)o2)c1. The Balaban J connectivity index is 1.63. The van der Waals surface area contributed by atoms with Crippen LogP contribution in [0.25, 0.3) is 5.69 Å². The van der Waals surface area contributed by atoms with E-state index in [2.05, 4.69) is 57.8 Å². The minimum atomic E-state index is 0.603. The second kappa shape index (κ2) is 6.91. The van der Waals surface area contributed by atoms with Crippen molar-refractivity contribution in [2.45, 2.75) is 38.8 Å². The van der Waals surface area contributed by atoms with Gasteiger partial charge in [0.25, 0.3) is 0 Å². The van der Waals surface area contributed by atoms with Gasteiger partial charge in [-0.3, -0.25) is 0 Å². The van der Waals surface area contributed by atoms with Crippen molar-refractivity contribution in [1.82, 2.24) is 30.4 Å². The number of benzene rings is 1. The van der Waals surface area contributed by atoms with Crippen molar-refractivity contribution in [3.8, 4) is 5.69 Å². The molecule has 0 spiro atoms. The Kier molecular flexibility index (Phi) is 4.71. The predicted molar refractivity (Wildman–Crippen MR) is 86.7 cm³/mol. The first-order valence-corrected chi connectivity index (χ1v) is 8.40. The Labute approximate surface area is 138 Å². The molecule has 0 atom stereocenters. The molecular weight excluding hydrogens is 312 g/mol. The van der Waals surface area contributed by atoms with Crippen LogP contribution in [-0.2, 0) is 6.42 Å². The number of aryl methyl sites for hydroxylation is 4. The van der Waals surface area contributed by atoms with E-state index < -0.39 is 0 Å². The van der Waals surface area contributed by atoms with Crippen LogP contribution in [0.4, 0.5) is 0 Å². The van der Waals surface area contributed by atoms with Crippen molar-refractivity contribution >= 4 is 11.8 Å². The summed E-state index contributed by atoms with van der Waals surface area (Å²) in [6, 6.07) is 6.26. The van der Waals surface area contributed by atoms with Crippen LogP contribution in [0.15, 0.2) is 27.8 Å². The third-order valence-corrected chi connectivity index (χ3v) is 4.37. The number of aromatic nitrogens is 6. The molecule has 120 valence electrons. The van der Waals surface area contributed by atoms with Gasteiger partial charge in [0.1, 0.15) is 0 Å². The summed E-state index contributed by atoms with van der Waals surface area (Å²) in [6.07, 6.45) is 1.69. The van der Waals surface area contributed by atoms with E-state index in [-0.39, 0.29) is 0 Å². The molecule has 3 aromatic rings. The first-order chi connectivity index (χ1) is 11.1. The summed E-state index contributed by atoms with van der Waals surface area (Å²) in [6.45, 7) is 5.92. The lowest BCUT2D eigenvalue weighted by atomic mass is 10.1. The lowest BCUT2D eigenvalue weighted by molar-refractivity contribution is 0.465. The van der Waals surface area contributed by atoms with Crippen LogP contribution in [0, 0.1) is 20.8 Å².